The number of halogens is 2. The molecule has 0 aliphatic heterocycles. The van der Waals surface area contributed by atoms with Crippen molar-refractivity contribution < 1.29 is 8.42 Å². The largest absolute Gasteiger partial charge is 0.399 e. The first-order chi connectivity index (χ1) is 8.88. The average molecular weight is 318 g/mol. The second kappa shape index (κ2) is 5.24. The van der Waals surface area contributed by atoms with Gasteiger partial charge in [-0.25, -0.2) is 13.4 Å². The molecule has 0 aliphatic rings. The van der Waals surface area contributed by atoms with Gasteiger partial charge in [-0.15, -0.1) is 0 Å². The summed E-state index contributed by atoms with van der Waals surface area (Å²) in [5.41, 5.74) is 6.20. The monoisotopic (exact) mass is 317 g/mol. The molecule has 3 N–H and O–H groups in total. The van der Waals surface area contributed by atoms with Crippen molar-refractivity contribution in [2.45, 2.75) is 4.90 Å². The van der Waals surface area contributed by atoms with Gasteiger partial charge >= 0.3 is 0 Å². The molecule has 0 amide bonds. The van der Waals surface area contributed by atoms with Crippen LogP contribution in [-0.2, 0) is 10.0 Å². The Balaban J connectivity index is 2.38. The number of nitrogen functional groups attached to an aromatic ring is 1. The molecule has 0 saturated heterocycles. The molecular weight excluding hydrogens is 309 g/mol. The standard InChI is InChI=1S/C11H9Cl2N3O2S/c12-9-5-7(14)1-2-10(9)19(17,18)16-8-3-4-15-11(13)6-8/h1-6H,14H2,(H,15,16). The molecule has 0 radical (unpaired) electrons. The first-order valence-corrected chi connectivity index (χ1v) is 7.32. The highest BCUT2D eigenvalue weighted by Gasteiger charge is 2.18. The summed E-state index contributed by atoms with van der Waals surface area (Å²) in [5.74, 6) is 0. The molecule has 2 rings (SSSR count). The number of sulfonamides is 1. The van der Waals surface area contributed by atoms with Crippen molar-refractivity contribution in [2.24, 2.45) is 0 Å². The van der Waals surface area contributed by atoms with Gasteiger partial charge in [-0.05, 0) is 30.3 Å². The number of pyridine rings is 1. The fourth-order valence-corrected chi connectivity index (χ4v) is 3.19. The number of hydrogen-bond donors (Lipinski definition) is 2. The molecular formula is C11H9Cl2N3O2S. The molecule has 1 heterocycles. The summed E-state index contributed by atoms with van der Waals surface area (Å²) in [6, 6.07) is 7.04. The summed E-state index contributed by atoms with van der Waals surface area (Å²) in [6.07, 6.45) is 1.39. The molecule has 0 unspecified atom stereocenters. The molecule has 5 nitrogen and oxygen atoms in total. The van der Waals surface area contributed by atoms with Crippen LogP contribution in [0.25, 0.3) is 0 Å². The van der Waals surface area contributed by atoms with Crippen LogP contribution in [0.3, 0.4) is 0 Å². The topological polar surface area (TPSA) is 85.1 Å². The zero-order valence-corrected chi connectivity index (χ0v) is 11.8. The molecule has 0 aliphatic carbocycles. The van der Waals surface area contributed by atoms with Gasteiger partial charge in [0, 0.05) is 11.9 Å². The molecule has 8 heteroatoms. The Kier molecular flexibility index (Phi) is 3.84. The average Bonchev–Trinajstić information content (AvgIpc) is 2.27. The van der Waals surface area contributed by atoms with E-state index in [0.717, 1.165) is 0 Å². The van der Waals surface area contributed by atoms with E-state index in [9.17, 15) is 8.42 Å². The van der Waals surface area contributed by atoms with Crippen LogP contribution in [0.4, 0.5) is 11.4 Å². The number of aromatic nitrogens is 1. The summed E-state index contributed by atoms with van der Waals surface area (Å²) in [6.45, 7) is 0. The lowest BCUT2D eigenvalue weighted by atomic mass is 10.3. The number of anilines is 2. The van der Waals surface area contributed by atoms with Crippen LogP contribution < -0.4 is 10.5 Å². The lowest BCUT2D eigenvalue weighted by molar-refractivity contribution is 0.601. The lowest BCUT2D eigenvalue weighted by Gasteiger charge is -2.09. The quantitative estimate of drug-likeness (QED) is 0.673. The number of rotatable bonds is 3. The van der Waals surface area contributed by atoms with E-state index >= 15 is 0 Å². The van der Waals surface area contributed by atoms with Crippen molar-refractivity contribution in [3.05, 3.63) is 46.7 Å². The Bertz CT molecular complexity index is 720. The Morgan fingerprint density at radius 1 is 1.16 bits per heavy atom. The van der Waals surface area contributed by atoms with Crippen molar-refractivity contribution >= 4 is 44.6 Å². The third kappa shape index (κ3) is 3.28. The highest BCUT2D eigenvalue weighted by Crippen LogP contribution is 2.26. The zero-order valence-electron chi connectivity index (χ0n) is 9.47. The molecule has 0 spiro atoms. The van der Waals surface area contributed by atoms with E-state index in [1.165, 1.54) is 36.5 Å². The second-order valence-electron chi connectivity index (χ2n) is 3.66. The van der Waals surface area contributed by atoms with Gasteiger partial charge in [0.25, 0.3) is 10.0 Å². The number of hydrogen-bond acceptors (Lipinski definition) is 4. The van der Waals surface area contributed by atoms with Gasteiger partial charge in [0.05, 0.1) is 10.7 Å². The molecule has 0 bridgehead atoms. The molecule has 100 valence electrons. The van der Waals surface area contributed by atoms with Crippen LogP contribution in [-0.4, -0.2) is 13.4 Å². The van der Waals surface area contributed by atoms with Crippen molar-refractivity contribution in [1.29, 1.82) is 0 Å². The third-order valence-electron chi connectivity index (χ3n) is 2.22. The summed E-state index contributed by atoms with van der Waals surface area (Å²) in [4.78, 5) is 3.70. The molecule has 2 aromatic rings. The molecule has 1 aromatic carbocycles. The van der Waals surface area contributed by atoms with E-state index in [1.54, 1.807) is 0 Å². The number of nitrogens with one attached hydrogen (secondary N) is 1. The van der Waals surface area contributed by atoms with E-state index in [1.807, 2.05) is 0 Å². The highest BCUT2D eigenvalue weighted by atomic mass is 35.5. The first kappa shape index (κ1) is 13.9. The van der Waals surface area contributed by atoms with Crippen LogP contribution in [0.2, 0.25) is 10.2 Å². The number of nitrogens with zero attached hydrogens (tertiary/aromatic N) is 1. The minimum Gasteiger partial charge on any atom is -0.399 e. The Labute approximate surface area is 120 Å². The Morgan fingerprint density at radius 3 is 2.53 bits per heavy atom. The summed E-state index contributed by atoms with van der Waals surface area (Å²) in [7, 11) is -3.80. The fourth-order valence-electron chi connectivity index (χ4n) is 1.41. The SMILES string of the molecule is Nc1ccc(S(=O)(=O)Nc2ccnc(Cl)c2)c(Cl)c1. The second-order valence-corrected chi connectivity index (χ2v) is 6.11. The van der Waals surface area contributed by atoms with Gasteiger partial charge in [0.15, 0.2) is 0 Å². The minimum atomic E-state index is -3.80. The third-order valence-corrected chi connectivity index (χ3v) is 4.30. The van der Waals surface area contributed by atoms with Crippen molar-refractivity contribution in [2.75, 3.05) is 10.5 Å². The van der Waals surface area contributed by atoms with Crippen LogP contribution in [0, 0.1) is 0 Å². The van der Waals surface area contributed by atoms with Crippen molar-refractivity contribution in [1.82, 2.24) is 4.98 Å². The molecule has 0 atom stereocenters. The summed E-state index contributed by atoms with van der Waals surface area (Å²) < 4.78 is 26.6. The number of benzene rings is 1. The van der Waals surface area contributed by atoms with Crippen LogP contribution >= 0.6 is 23.2 Å². The Morgan fingerprint density at radius 2 is 1.89 bits per heavy atom. The molecule has 0 saturated carbocycles. The van der Waals surface area contributed by atoms with E-state index in [2.05, 4.69) is 9.71 Å². The lowest BCUT2D eigenvalue weighted by Crippen LogP contribution is -2.13. The number of nitrogens with two attached hydrogens (primary N) is 1. The van der Waals surface area contributed by atoms with E-state index < -0.39 is 10.0 Å². The zero-order chi connectivity index (χ0) is 14.0. The van der Waals surface area contributed by atoms with E-state index in [0.29, 0.717) is 11.4 Å². The van der Waals surface area contributed by atoms with Gasteiger partial charge in [-0.1, -0.05) is 23.2 Å². The first-order valence-electron chi connectivity index (χ1n) is 5.08. The smallest absolute Gasteiger partial charge is 0.263 e. The summed E-state index contributed by atoms with van der Waals surface area (Å²) >= 11 is 11.6. The minimum absolute atomic E-state index is 0.0488. The van der Waals surface area contributed by atoms with Crippen LogP contribution in [0.5, 0.6) is 0 Å². The predicted octanol–water partition coefficient (Wildman–Crippen LogP) is 2.77. The predicted molar refractivity (Wildman–Crippen MR) is 75.9 cm³/mol. The summed E-state index contributed by atoms with van der Waals surface area (Å²) in [5, 5.41) is 0.233. The highest BCUT2D eigenvalue weighted by molar-refractivity contribution is 7.92. The maximum Gasteiger partial charge on any atom is 0.263 e. The maximum absolute atomic E-state index is 12.1. The molecule has 0 fully saturated rings. The van der Waals surface area contributed by atoms with E-state index in [4.69, 9.17) is 28.9 Å². The van der Waals surface area contributed by atoms with Gasteiger partial charge in [-0.2, -0.15) is 0 Å². The normalized spacial score (nSPS) is 11.3. The van der Waals surface area contributed by atoms with Gasteiger partial charge in [-0.3, -0.25) is 4.72 Å². The van der Waals surface area contributed by atoms with Gasteiger partial charge in [0.2, 0.25) is 0 Å². The fraction of sp³-hybridized carbons (Fsp3) is 0. The van der Waals surface area contributed by atoms with Gasteiger partial charge < -0.3 is 5.73 Å². The molecule has 1 aromatic heterocycles. The van der Waals surface area contributed by atoms with Gasteiger partial charge in [0.1, 0.15) is 10.0 Å². The van der Waals surface area contributed by atoms with Crippen LogP contribution in [0.1, 0.15) is 0 Å². The van der Waals surface area contributed by atoms with Crippen molar-refractivity contribution in [3.8, 4) is 0 Å². The Hall–Kier alpha value is -1.50. The maximum atomic E-state index is 12.1. The van der Waals surface area contributed by atoms with E-state index in [-0.39, 0.29) is 15.1 Å². The van der Waals surface area contributed by atoms with Crippen molar-refractivity contribution in [3.63, 3.8) is 0 Å². The van der Waals surface area contributed by atoms with Crippen LogP contribution in [0.15, 0.2) is 41.4 Å². The molecule has 19 heavy (non-hydrogen) atoms.